The van der Waals surface area contributed by atoms with Crippen LogP contribution in [0.25, 0.3) is 11.4 Å². The standard InChI is InChI=1S/C20H18ClN5O3/c1-25-18(27)10-16(15-6-7-22-12-23-15)24-20(25)26-8-9-29-17(11-26)19(28)13-2-4-14(21)5-3-13/h2-7,10,12,17H,8-9,11H2,1H3. The van der Waals surface area contributed by atoms with E-state index in [1.165, 1.54) is 17.0 Å². The van der Waals surface area contributed by atoms with Crippen molar-refractivity contribution < 1.29 is 9.53 Å². The number of hydrogen-bond acceptors (Lipinski definition) is 7. The summed E-state index contributed by atoms with van der Waals surface area (Å²) in [6, 6.07) is 9.82. The van der Waals surface area contributed by atoms with Gasteiger partial charge in [-0.05, 0) is 30.3 Å². The number of anilines is 1. The third-order valence-corrected chi connectivity index (χ3v) is 4.98. The number of Topliss-reactive ketones (excluding diaryl/α,β-unsaturated/α-hetero) is 1. The van der Waals surface area contributed by atoms with E-state index in [1.807, 2.05) is 4.90 Å². The van der Waals surface area contributed by atoms with Gasteiger partial charge in [0.1, 0.15) is 12.4 Å². The van der Waals surface area contributed by atoms with Crippen molar-refractivity contribution in [3.63, 3.8) is 0 Å². The number of aromatic nitrogens is 4. The van der Waals surface area contributed by atoms with Crippen molar-refractivity contribution in [2.24, 2.45) is 7.05 Å². The quantitative estimate of drug-likeness (QED) is 0.606. The Morgan fingerprint density at radius 3 is 2.72 bits per heavy atom. The molecule has 1 aliphatic rings. The number of halogens is 1. The number of ketones is 1. The fraction of sp³-hybridized carbons (Fsp3) is 0.250. The number of carbonyl (C=O) groups is 1. The van der Waals surface area contributed by atoms with Gasteiger partial charge >= 0.3 is 0 Å². The molecule has 0 N–H and O–H groups in total. The molecular formula is C20H18ClN5O3. The highest BCUT2D eigenvalue weighted by atomic mass is 35.5. The van der Waals surface area contributed by atoms with Crippen LogP contribution in [-0.4, -0.2) is 51.1 Å². The minimum atomic E-state index is -0.662. The first-order valence-corrected chi connectivity index (χ1v) is 9.41. The first-order chi connectivity index (χ1) is 14.0. The normalized spacial score (nSPS) is 16.6. The van der Waals surface area contributed by atoms with Gasteiger partial charge in [0.05, 0.1) is 24.5 Å². The Kier molecular flexibility index (Phi) is 5.37. The molecule has 0 spiro atoms. The fourth-order valence-electron chi connectivity index (χ4n) is 3.17. The van der Waals surface area contributed by atoms with Crippen molar-refractivity contribution in [3.8, 4) is 11.4 Å². The van der Waals surface area contributed by atoms with E-state index in [0.717, 1.165) is 0 Å². The van der Waals surface area contributed by atoms with Crippen molar-refractivity contribution in [2.45, 2.75) is 6.10 Å². The highest BCUT2D eigenvalue weighted by molar-refractivity contribution is 6.30. The van der Waals surface area contributed by atoms with Crippen molar-refractivity contribution in [3.05, 3.63) is 69.9 Å². The lowest BCUT2D eigenvalue weighted by molar-refractivity contribution is 0.0337. The molecule has 0 radical (unpaired) electrons. The molecule has 1 saturated heterocycles. The average Bonchev–Trinajstić information content (AvgIpc) is 2.76. The largest absolute Gasteiger partial charge is 0.366 e. The Labute approximate surface area is 171 Å². The second-order valence-corrected chi connectivity index (χ2v) is 7.05. The molecular weight excluding hydrogens is 394 g/mol. The maximum Gasteiger partial charge on any atom is 0.255 e. The topological polar surface area (TPSA) is 90.2 Å². The molecule has 0 saturated carbocycles. The van der Waals surface area contributed by atoms with E-state index in [9.17, 15) is 9.59 Å². The maximum absolute atomic E-state index is 12.8. The molecule has 1 aromatic carbocycles. The predicted molar refractivity (Wildman–Crippen MR) is 108 cm³/mol. The zero-order valence-electron chi connectivity index (χ0n) is 15.7. The van der Waals surface area contributed by atoms with Crippen LogP contribution in [-0.2, 0) is 11.8 Å². The van der Waals surface area contributed by atoms with Gasteiger partial charge in [0.2, 0.25) is 5.95 Å². The summed E-state index contributed by atoms with van der Waals surface area (Å²) in [7, 11) is 1.65. The molecule has 3 aromatic rings. The van der Waals surface area contributed by atoms with Gasteiger partial charge in [-0.1, -0.05) is 11.6 Å². The summed E-state index contributed by atoms with van der Waals surface area (Å²) >= 11 is 5.90. The highest BCUT2D eigenvalue weighted by Crippen LogP contribution is 2.20. The summed E-state index contributed by atoms with van der Waals surface area (Å²) in [5.41, 5.74) is 1.33. The lowest BCUT2D eigenvalue weighted by atomic mass is 10.1. The van der Waals surface area contributed by atoms with E-state index in [4.69, 9.17) is 16.3 Å². The van der Waals surface area contributed by atoms with Crippen LogP contribution in [0.3, 0.4) is 0 Å². The second kappa shape index (κ2) is 8.10. The number of carbonyl (C=O) groups excluding carboxylic acids is 1. The van der Waals surface area contributed by atoms with Crippen molar-refractivity contribution in [1.29, 1.82) is 0 Å². The molecule has 9 heteroatoms. The molecule has 0 aliphatic carbocycles. The smallest absolute Gasteiger partial charge is 0.255 e. The predicted octanol–water partition coefficient (Wildman–Crippen LogP) is 1.98. The van der Waals surface area contributed by atoms with Gasteiger partial charge in [0.25, 0.3) is 5.56 Å². The van der Waals surface area contributed by atoms with E-state index < -0.39 is 6.10 Å². The molecule has 0 bridgehead atoms. The van der Waals surface area contributed by atoms with E-state index in [0.29, 0.717) is 41.1 Å². The first-order valence-electron chi connectivity index (χ1n) is 9.04. The average molecular weight is 412 g/mol. The molecule has 4 rings (SSSR count). The van der Waals surface area contributed by atoms with E-state index in [-0.39, 0.29) is 17.9 Å². The third-order valence-electron chi connectivity index (χ3n) is 4.73. The Balaban J connectivity index is 1.63. The van der Waals surface area contributed by atoms with Crippen LogP contribution >= 0.6 is 11.6 Å². The Hall–Kier alpha value is -3.10. The van der Waals surface area contributed by atoms with Gasteiger partial charge in [-0.25, -0.2) is 15.0 Å². The molecule has 29 heavy (non-hydrogen) atoms. The molecule has 1 unspecified atom stereocenters. The maximum atomic E-state index is 12.8. The molecule has 1 atom stereocenters. The van der Waals surface area contributed by atoms with Gasteiger partial charge in [-0.15, -0.1) is 0 Å². The van der Waals surface area contributed by atoms with Crippen LogP contribution in [0.2, 0.25) is 5.02 Å². The van der Waals surface area contributed by atoms with Crippen LogP contribution in [0.5, 0.6) is 0 Å². The molecule has 0 amide bonds. The fourth-order valence-corrected chi connectivity index (χ4v) is 3.30. The minimum absolute atomic E-state index is 0.136. The van der Waals surface area contributed by atoms with E-state index >= 15 is 0 Å². The third kappa shape index (κ3) is 4.03. The number of nitrogens with zero attached hydrogens (tertiary/aromatic N) is 5. The Bertz CT molecular complexity index is 1090. The lowest BCUT2D eigenvalue weighted by Gasteiger charge is -2.33. The van der Waals surface area contributed by atoms with E-state index in [2.05, 4.69) is 15.0 Å². The van der Waals surface area contributed by atoms with Crippen LogP contribution < -0.4 is 10.5 Å². The number of rotatable bonds is 4. The van der Waals surface area contributed by atoms with Crippen LogP contribution in [0, 0.1) is 0 Å². The summed E-state index contributed by atoms with van der Waals surface area (Å²) in [6.07, 6.45) is 2.34. The molecule has 1 fully saturated rings. The van der Waals surface area contributed by atoms with Gasteiger partial charge in [-0.3, -0.25) is 14.2 Å². The zero-order chi connectivity index (χ0) is 20.4. The second-order valence-electron chi connectivity index (χ2n) is 6.61. The van der Waals surface area contributed by atoms with E-state index in [1.54, 1.807) is 43.6 Å². The van der Waals surface area contributed by atoms with Gasteiger partial charge in [-0.2, -0.15) is 0 Å². The van der Waals surface area contributed by atoms with Crippen molar-refractivity contribution in [1.82, 2.24) is 19.5 Å². The monoisotopic (exact) mass is 411 g/mol. The minimum Gasteiger partial charge on any atom is -0.366 e. The summed E-state index contributed by atoms with van der Waals surface area (Å²) < 4.78 is 7.16. The Morgan fingerprint density at radius 2 is 2.00 bits per heavy atom. The first kappa shape index (κ1) is 19.2. The SMILES string of the molecule is Cn1c(N2CCOC(C(=O)c3ccc(Cl)cc3)C2)nc(-c2ccncn2)cc1=O. The van der Waals surface area contributed by atoms with Gasteiger partial charge in [0, 0.05) is 36.4 Å². The van der Waals surface area contributed by atoms with Crippen LogP contribution in [0.15, 0.2) is 53.7 Å². The number of morpholine rings is 1. The van der Waals surface area contributed by atoms with Gasteiger partial charge < -0.3 is 9.64 Å². The molecule has 2 aromatic heterocycles. The highest BCUT2D eigenvalue weighted by Gasteiger charge is 2.29. The summed E-state index contributed by atoms with van der Waals surface area (Å²) in [5.74, 6) is 0.326. The zero-order valence-corrected chi connectivity index (χ0v) is 16.4. The van der Waals surface area contributed by atoms with Crippen LogP contribution in [0.4, 0.5) is 5.95 Å². The lowest BCUT2D eigenvalue weighted by Crippen LogP contribution is -2.48. The number of hydrogen-bond donors (Lipinski definition) is 0. The Morgan fingerprint density at radius 1 is 1.21 bits per heavy atom. The molecule has 1 aliphatic heterocycles. The molecule has 148 valence electrons. The number of ether oxygens (including phenoxy) is 1. The van der Waals surface area contributed by atoms with Crippen molar-refractivity contribution >= 4 is 23.3 Å². The summed E-state index contributed by atoms with van der Waals surface area (Å²) in [4.78, 5) is 39.9. The number of benzene rings is 1. The van der Waals surface area contributed by atoms with Gasteiger partial charge in [0.15, 0.2) is 5.78 Å². The van der Waals surface area contributed by atoms with Crippen LogP contribution in [0.1, 0.15) is 10.4 Å². The molecule has 8 nitrogen and oxygen atoms in total. The summed E-state index contributed by atoms with van der Waals surface area (Å²) in [6.45, 7) is 1.14. The molecule has 3 heterocycles. The van der Waals surface area contributed by atoms with Crippen molar-refractivity contribution in [2.75, 3.05) is 24.6 Å². The summed E-state index contributed by atoms with van der Waals surface area (Å²) in [5, 5.41) is 0.563.